The Morgan fingerprint density at radius 3 is 2.67 bits per heavy atom. The highest BCUT2D eigenvalue weighted by Crippen LogP contribution is 2.35. The van der Waals surface area contributed by atoms with Crippen molar-refractivity contribution < 1.29 is 24.4 Å². The topological polar surface area (TPSA) is 86.0 Å². The fourth-order valence-electron chi connectivity index (χ4n) is 2.63. The van der Waals surface area contributed by atoms with Gasteiger partial charge in [0.05, 0.1) is 44.3 Å². The molecule has 2 heterocycles. The molecule has 0 radical (unpaired) electrons. The number of ether oxygens (including phenoxy) is 3. The Morgan fingerprint density at radius 1 is 1.33 bits per heavy atom. The molecule has 0 bridgehead atoms. The molecule has 0 amide bonds. The van der Waals surface area contributed by atoms with Crippen LogP contribution >= 0.6 is 0 Å². The van der Waals surface area contributed by atoms with E-state index in [2.05, 4.69) is 4.98 Å². The lowest BCUT2D eigenvalue weighted by atomic mass is 10.2. The second-order valence-electron chi connectivity index (χ2n) is 4.96. The van der Waals surface area contributed by atoms with E-state index in [0.717, 1.165) is 11.0 Å². The summed E-state index contributed by atoms with van der Waals surface area (Å²) in [5.41, 5.74) is 1.57. The van der Waals surface area contributed by atoms with Crippen molar-refractivity contribution in [2.45, 2.75) is 24.9 Å². The zero-order chi connectivity index (χ0) is 15.0. The summed E-state index contributed by atoms with van der Waals surface area (Å²) in [5.74, 6) is 1.21. The van der Waals surface area contributed by atoms with Crippen LogP contribution in [0.3, 0.4) is 0 Å². The fraction of sp³-hybridized carbons (Fsp3) is 0.500. The third-order valence-corrected chi connectivity index (χ3v) is 3.77. The van der Waals surface area contributed by atoms with Crippen molar-refractivity contribution in [2.75, 3.05) is 20.8 Å². The molecular weight excluding hydrogens is 276 g/mol. The summed E-state index contributed by atoms with van der Waals surface area (Å²) in [5, 5.41) is 19.0. The Hall–Kier alpha value is -1.83. The van der Waals surface area contributed by atoms with Crippen molar-refractivity contribution in [1.29, 1.82) is 0 Å². The van der Waals surface area contributed by atoms with Gasteiger partial charge in [0.15, 0.2) is 11.5 Å². The number of benzene rings is 1. The molecule has 0 aliphatic carbocycles. The highest BCUT2D eigenvalue weighted by molar-refractivity contribution is 5.80. The van der Waals surface area contributed by atoms with Crippen LogP contribution in [0.5, 0.6) is 11.5 Å². The van der Waals surface area contributed by atoms with Crippen LogP contribution < -0.4 is 9.47 Å². The SMILES string of the molecule is COc1cc2ncn([C@H]3C[C@@H](O)[C@H](CO)O3)c2cc1OC. The van der Waals surface area contributed by atoms with Crippen molar-refractivity contribution in [3.8, 4) is 11.5 Å². The maximum atomic E-state index is 9.85. The minimum atomic E-state index is -0.683. The number of fused-ring (bicyclic) bond motifs is 1. The summed E-state index contributed by atoms with van der Waals surface area (Å²) >= 11 is 0. The van der Waals surface area contributed by atoms with Crippen molar-refractivity contribution >= 4 is 11.0 Å². The van der Waals surface area contributed by atoms with Gasteiger partial charge in [-0.15, -0.1) is 0 Å². The van der Waals surface area contributed by atoms with Gasteiger partial charge in [-0.2, -0.15) is 0 Å². The van der Waals surface area contributed by atoms with Gasteiger partial charge in [0.2, 0.25) is 0 Å². The number of aliphatic hydroxyl groups is 2. The minimum Gasteiger partial charge on any atom is -0.493 e. The molecule has 1 aromatic heterocycles. The molecule has 3 rings (SSSR count). The van der Waals surface area contributed by atoms with Crippen molar-refractivity contribution in [3.05, 3.63) is 18.5 Å². The highest BCUT2D eigenvalue weighted by atomic mass is 16.5. The first-order chi connectivity index (χ1) is 10.2. The second-order valence-corrected chi connectivity index (χ2v) is 4.96. The zero-order valence-corrected chi connectivity index (χ0v) is 11.9. The van der Waals surface area contributed by atoms with Gasteiger partial charge in [-0.1, -0.05) is 0 Å². The molecule has 114 valence electrons. The van der Waals surface area contributed by atoms with E-state index in [4.69, 9.17) is 19.3 Å². The molecule has 7 nitrogen and oxygen atoms in total. The first-order valence-electron chi connectivity index (χ1n) is 6.71. The predicted molar refractivity (Wildman–Crippen MR) is 74.5 cm³/mol. The molecule has 2 N–H and O–H groups in total. The predicted octanol–water partition coefficient (Wildman–Crippen LogP) is 0.694. The summed E-state index contributed by atoms with van der Waals surface area (Å²) in [6.07, 6.45) is 0.455. The Balaban J connectivity index is 2.00. The number of hydrogen-bond acceptors (Lipinski definition) is 6. The number of aliphatic hydroxyl groups excluding tert-OH is 2. The quantitative estimate of drug-likeness (QED) is 0.863. The number of hydrogen-bond donors (Lipinski definition) is 2. The van der Waals surface area contributed by atoms with E-state index in [1.54, 1.807) is 26.6 Å². The molecule has 1 fully saturated rings. The van der Waals surface area contributed by atoms with E-state index in [9.17, 15) is 5.11 Å². The molecule has 21 heavy (non-hydrogen) atoms. The lowest BCUT2D eigenvalue weighted by Crippen LogP contribution is -2.24. The second kappa shape index (κ2) is 5.51. The molecular formula is C14H18N2O5. The van der Waals surface area contributed by atoms with Crippen LogP contribution in [0.15, 0.2) is 18.5 Å². The average molecular weight is 294 g/mol. The molecule has 3 atom stereocenters. The van der Waals surface area contributed by atoms with Gasteiger partial charge in [0, 0.05) is 18.6 Å². The summed E-state index contributed by atoms with van der Waals surface area (Å²) in [4.78, 5) is 4.33. The summed E-state index contributed by atoms with van der Waals surface area (Å²) in [6, 6.07) is 3.61. The number of methoxy groups -OCH3 is 2. The number of aromatic nitrogens is 2. The van der Waals surface area contributed by atoms with Gasteiger partial charge in [0.25, 0.3) is 0 Å². The monoisotopic (exact) mass is 294 g/mol. The van der Waals surface area contributed by atoms with E-state index < -0.39 is 12.2 Å². The van der Waals surface area contributed by atoms with Gasteiger partial charge >= 0.3 is 0 Å². The molecule has 1 saturated heterocycles. The fourth-order valence-corrected chi connectivity index (χ4v) is 2.63. The van der Waals surface area contributed by atoms with Crippen molar-refractivity contribution in [2.24, 2.45) is 0 Å². The Labute approximate surface area is 121 Å². The van der Waals surface area contributed by atoms with Gasteiger partial charge in [0.1, 0.15) is 12.3 Å². The Morgan fingerprint density at radius 2 is 2.05 bits per heavy atom. The molecule has 7 heteroatoms. The average Bonchev–Trinajstić information content (AvgIpc) is 3.08. The largest absolute Gasteiger partial charge is 0.493 e. The Bertz CT molecular complexity index is 642. The third-order valence-electron chi connectivity index (χ3n) is 3.77. The molecule has 0 saturated carbocycles. The number of nitrogens with zero attached hydrogens (tertiary/aromatic N) is 2. The third kappa shape index (κ3) is 2.33. The van der Waals surface area contributed by atoms with Crippen LogP contribution in [0.2, 0.25) is 0 Å². The molecule has 1 aliphatic rings. The number of rotatable bonds is 4. The molecule has 1 aliphatic heterocycles. The minimum absolute atomic E-state index is 0.207. The van der Waals surface area contributed by atoms with Crippen LogP contribution in [0, 0.1) is 0 Å². The van der Waals surface area contributed by atoms with E-state index >= 15 is 0 Å². The summed E-state index contributed by atoms with van der Waals surface area (Å²) in [6.45, 7) is -0.207. The van der Waals surface area contributed by atoms with Gasteiger partial charge in [-0.3, -0.25) is 0 Å². The van der Waals surface area contributed by atoms with Crippen LogP contribution in [0.25, 0.3) is 11.0 Å². The van der Waals surface area contributed by atoms with Gasteiger partial charge < -0.3 is 29.0 Å². The van der Waals surface area contributed by atoms with E-state index in [0.29, 0.717) is 17.9 Å². The normalized spacial score (nSPS) is 25.4. The lowest BCUT2D eigenvalue weighted by Gasteiger charge is -2.15. The molecule has 2 aromatic rings. The first kappa shape index (κ1) is 14.1. The summed E-state index contributed by atoms with van der Waals surface area (Å²) < 4.78 is 18.0. The van der Waals surface area contributed by atoms with E-state index in [-0.39, 0.29) is 12.8 Å². The van der Waals surface area contributed by atoms with Crippen LogP contribution in [0.1, 0.15) is 12.6 Å². The first-order valence-corrected chi connectivity index (χ1v) is 6.71. The molecule has 0 spiro atoms. The molecule has 1 aromatic carbocycles. The lowest BCUT2D eigenvalue weighted by molar-refractivity contribution is -0.0430. The number of imidazole rings is 1. The smallest absolute Gasteiger partial charge is 0.163 e. The van der Waals surface area contributed by atoms with Gasteiger partial charge in [-0.25, -0.2) is 4.98 Å². The molecule has 0 unspecified atom stereocenters. The van der Waals surface area contributed by atoms with Crippen molar-refractivity contribution in [1.82, 2.24) is 9.55 Å². The van der Waals surface area contributed by atoms with E-state index in [1.165, 1.54) is 0 Å². The highest BCUT2D eigenvalue weighted by Gasteiger charge is 2.35. The van der Waals surface area contributed by atoms with Gasteiger partial charge in [-0.05, 0) is 0 Å². The van der Waals surface area contributed by atoms with Crippen LogP contribution in [-0.2, 0) is 4.74 Å². The van der Waals surface area contributed by atoms with Crippen LogP contribution in [0.4, 0.5) is 0 Å². The Kier molecular flexibility index (Phi) is 3.71. The maximum absolute atomic E-state index is 9.85. The standard InChI is InChI=1S/C14H18N2O5/c1-19-11-3-8-9(4-12(11)20-2)16(7-15-8)14-5-10(18)13(6-17)21-14/h3-4,7,10,13-14,17-18H,5-6H2,1-2H3/t10-,13+,14-/m1/s1. The maximum Gasteiger partial charge on any atom is 0.163 e. The van der Waals surface area contributed by atoms with Crippen molar-refractivity contribution in [3.63, 3.8) is 0 Å². The van der Waals surface area contributed by atoms with Crippen LogP contribution in [-0.4, -0.2) is 52.8 Å². The van der Waals surface area contributed by atoms with E-state index in [1.807, 2.05) is 10.6 Å². The summed E-state index contributed by atoms with van der Waals surface area (Å²) in [7, 11) is 3.14. The zero-order valence-electron chi connectivity index (χ0n) is 11.9.